The van der Waals surface area contributed by atoms with E-state index < -0.39 is 18.5 Å². The van der Waals surface area contributed by atoms with Crippen molar-refractivity contribution in [2.24, 2.45) is 0 Å². The van der Waals surface area contributed by atoms with Gasteiger partial charge >= 0.3 is 6.18 Å². The lowest BCUT2D eigenvalue weighted by Crippen LogP contribution is -2.39. The van der Waals surface area contributed by atoms with E-state index in [2.05, 4.69) is 25.3 Å². The first-order chi connectivity index (χ1) is 12.4. The van der Waals surface area contributed by atoms with Crippen LogP contribution < -0.4 is 10.2 Å². The highest BCUT2D eigenvalue weighted by molar-refractivity contribution is 6.08. The number of amides is 1. The molecule has 1 unspecified atom stereocenters. The van der Waals surface area contributed by atoms with Gasteiger partial charge in [-0.05, 0) is 12.5 Å². The molecular formula is C16H15F3N6O. The highest BCUT2D eigenvalue weighted by Crippen LogP contribution is 2.31. The molecule has 1 aliphatic rings. The summed E-state index contributed by atoms with van der Waals surface area (Å²) in [4.78, 5) is 29.4. The van der Waals surface area contributed by atoms with Gasteiger partial charge in [0.1, 0.15) is 24.2 Å². The molecule has 4 heterocycles. The van der Waals surface area contributed by atoms with E-state index in [1.54, 1.807) is 12.4 Å². The Bertz CT molecular complexity index is 969. The predicted molar refractivity (Wildman–Crippen MR) is 88.6 cm³/mol. The normalized spacial score (nSPS) is 18.0. The van der Waals surface area contributed by atoms with Crippen LogP contribution in [0.2, 0.25) is 0 Å². The van der Waals surface area contributed by atoms with Gasteiger partial charge in [0.25, 0.3) is 0 Å². The summed E-state index contributed by atoms with van der Waals surface area (Å²) >= 11 is 0. The summed E-state index contributed by atoms with van der Waals surface area (Å²) in [5, 5.41) is 4.16. The Kier molecular flexibility index (Phi) is 3.89. The maximum atomic E-state index is 12.3. The fraction of sp³-hybridized carbons (Fsp3) is 0.375. The number of rotatable bonds is 3. The Hall–Kier alpha value is -2.91. The highest BCUT2D eigenvalue weighted by Gasteiger charge is 2.33. The van der Waals surface area contributed by atoms with Crippen LogP contribution in [0.4, 0.5) is 19.0 Å². The SMILES string of the molecule is O=C(CC(F)(F)F)NC1CCN(c2ncnc3cnc4[nH]ccc4c23)C1. The Morgan fingerprint density at radius 1 is 1.35 bits per heavy atom. The Morgan fingerprint density at radius 3 is 3.00 bits per heavy atom. The molecule has 1 aliphatic heterocycles. The smallest absolute Gasteiger partial charge is 0.354 e. The first-order valence-electron chi connectivity index (χ1n) is 8.08. The maximum Gasteiger partial charge on any atom is 0.397 e. The van der Waals surface area contributed by atoms with Crippen molar-refractivity contribution < 1.29 is 18.0 Å². The standard InChI is InChI=1S/C16H15F3N6O/c17-16(18,19)5-12(26)24-9-2-4-25(7-9)15-13-10-1-3-20-14(10)21-6-11(13)22-8-23-15/h1,3,6,8-9H,2,4-5,7H2,(H,20,21)(H,24,26). The van der Waals surface area contributed by atoms with E-state index in [1.807, 2.05) is 11.0 Å². The monoisotopic (exact) mass is 364 g/mol. The number of fused-ring (bicyclic) bond motifs is 3. The molecule has 0 aromatic carbocycles. The number of hydrogen-bond donors (Lipinski definition) is 2. The van der Waals surface area contributed by atoms with Crippen molar-refractivity contribution >= 4 is 33.7 Å². The predicted octanol–water partition coefficient (Wildman–Crippen LogP) is 2.15. The summed E-state index contributed by atoms with van der Waals surface area (Å²) in [5.41, 5.74) is 1.40. The van der Waals surface area contributed by atoms with E-state index in [4.69, 9.17) is 0 Å². The Morgan fingerprint density at radius 2 is 2.19 bits per heavy atom. The summed E-state index contributed by atoms with van der Waals surface area (Å²) < 4.78 is 37.0. The van der Waals surface area contributed by atoms with E-state index in [9.17, 15) is 18.0 Å². The molecule has 7 nitrogen and oxygen atoms in total. The van der Waals surface area contributed by atoms with Crippen LogP contribution >= 0.6 is 0 Å². The fourth-order valence-electron chi connectivity index (χ4n) is 3.31. The van der Waals surface area contributed by atoms with Gasteiger partial charge < -0.3 is 15.2 Å². The molecule has 0 aliphatic carbocycles. The number of pyridine rings is 1. The molecule has 2 N–H and O–H groups in total. The van der Waals surface area contributed by atoms with Gasteiger partial charge in [-0.15, -0.1) is 0 Å². The van der Waals surface area contributed by atoms with Gasteiger partial charge in [0, 0.05) is 30.7 Å². The molecule has 0 spiro atoms. The summed E-state index contributed by atoms with van der Waals surface area (Å²) in [7, 11) is 0. The third kappa shape index (κ3) is 3.14. The van der Waals surface area contributed by atoms with Gasteiger partial charge in [-0.3, -0.25) is 4.79 Å². The third-order valence-corrected chi connectivity index (χ3v) is 4.38. The van der Waals surface area contributed by atoms with Gasteiger partial charge in [0.15, 0.2) is 0 Å². The van der Waals surface area contributed by atoms with Crippen LogP contribution in [-0.2, 0) is 4.79 Å². The van der Waals surface area contributed by atoms with E-state index in [0.29, 0.717) is 36.5 Å². The molecule has 0 radical (unpaired) electrons. The van der Waals surface area contributed by atoms with Crippen molar-refractivity contribution in [3.8, 4) is 0 Å². The molecule has 0 saturated carbocycles. The van der Waals surface area contributed by atoms with Crippen LogP contribution in [0.3, 0.4) is 0 Å². The third-order valence-electron chi connectivity index (χ3n) is 4.38. The zero-order chi connectivity index (χ0) is 18.3. The topological polar surface area (TPSA) is 86.8 Å². The first kappa shape index (κ1) is 16.6. The second kappa shape index (κ2) is 6.11. The van der Waals surface area contributed by atoms with Crippen LogP contribution in [0, 0.1) is 0 Å². The number of carbonyl (C=O) groups is 1. The van der Waals surface area contributed by atoms with Crippen molar-refractivity contribution in [2.75, 3.05) is 18.0 Å². The molecule has 3 aromatic heterocycles. The van der Waals surface area contributed by atoms with Gasteiger partial charge in [-0.25, -0.2) is 15.0 Å². The van der Waals surface area contributed by atoms with Crippen LogP contribution in [0.5, 0.6) is 0 Å². The molecular weight excluding hydrogens is 349 g/mol. The van der Waals surface area contributed by atoms with Crippen molar-refractivity contribution in [2.45, 2.75) is 25.1 Å². The molecule has 1 atom stereocenters. The first-order valence-corrected chi connectivity index (χ1v) is 8.08. The summed E-state index contributed by atoms with van der Waals surface area (Å²) in [6, 6.07) is 1.54. The maximum absolute atomic E-state index is 12.3. The molecule has 26 heavy (non-hydrogen) atoms. The van der Waals surface area contributed by atoms with Gasteiger partial charge in [-0.1, -0.05) is 0 Å². The second-order valence-corrected chi connectivity index (χ2v) is 6.25. The number of alkyl halides is 3. The summed E-state index contributed by atoms with van der Waals surface area (Å²) in [6.07, 6.45) is -0.548. The number of halogens is 3. The molecule has 10 heteroatoms. The molecule has 1 fully saturated rings. The molecule has 136 valence electrons. The van der Waals surface area contributed by atoms with E-state index >= 15 is 0 Å². The summed E-state index contributed by atoms with van der Waals surface area (Å²) in [6.45, 7) is 0.973. The fourth-order valence-corrected chi connectivity index (χ4v) is 3.31. The van der Waals surface area contributed by atoms with E-state index in [-0.39, 0.29) is 6.04 Å². The molecule has 4 rings (SSSR count). The minimum absolute atomic E-state index is 0.349. The lowest BCUT2D eigenvalue weighted by atomic mass is 10.2. The second-order valence-electron chi connectivity index (χ2n) is 6.25. The molecule has 3 aromatic rings. The zero-order valence-corrected chi connectivity index (χ0v) is 13.5. The van der Waals surface area contributed by atoms with Crippen LogP contribution in [0.15, 0.2) is 24.8 Å². The van der Waals surface area contributed by atoms with Gasteiger partial charge in [0.2, 0.25) is 5.91 Å². The Labute approximate surface area is 145 Å². The van der Waals surface area contributed by atoms with Crippen LogP contribution in [0.25, 0.3) is 21.9 Å². The van der Waals surface area contributed by atoms with Crippen LogP contribution in [0.1, 0.15) is 12.8 Å². The number of nitrogens with one attached hydrogen (secondary N) is 2. The number of H-pyrrole nitrogens is 1. The van der Waals surface area contributed by atoms with Gasteiger partial charge in [0.05, 0.1) is 17.1 Å². The number of aromatic amines is 1. The average molecular weight is 364 g/mol. The quantitative estimate of drug-likeness (QED) is 0.744. The van der Waals surface area contributed by atoms with Crippen molar-refractivity contribution in [1.29, 1.82) is 0 Å². The lowest BCUT2D eigenvalue weighted by molar-refractivity contribution is -0.154. The largest absolute Gasteiger partial charge is 0.397 e. The van der Waals surface area contributed by atoms with Crippen molar-refractivity contribution in [1.82, 2.24) is 25.3 Å². The Balaban J connectivity index is 1.58. The molecule has 1 saturated heterocycles. The number of anilines is 1. The number of nitrogens with zero attached hydrogens (tertiary/aromatic N) is 4. The minimum Gasteiger partial charge on any atom is -0.354 e. The number of carbonyl (C=O) groups excluding carboxylic acids is 1. The van der Waals surface area contributed by atoms with Crippen molar-refractivity contribution in [3.63, 3.8) is 0 Å². The van der Waals surface area contributed by atoms with Gasteiger partial charge in [-0.2, -0.15) is 13.2 Å². The number of hydrogen-bond acceptors (Lipinski definition) is 5. The van der Waals surface area contributed by atoms with Crippen LogP contribution in [-0.4, -0.2) is 51.2 Å². The number of aromatic nitrogens is 4. The van der Waals surface area contributed by atoms with E-state index in [1.165, 1.54) is 6.33 Å². The minimum atomic E-state index is -4.50. The summed E-state index contributed by atoms with van der Waals surface area (Å²) in [5.74, 6) is -0.316. The zero-order valence-electron chi connectivity index (χ0n) is 13.5. The van der Waals surface area contributed by atoms with Crippen molar-refractivity contribution in [3.05, 3.63) is 24.8 Å². The lowest BCUT2D eigenvalue weighted by Gasteiger charge is -2.20. The molecule has 1 amide bonds. The highest BCUT2D eigenvalue weighted by atomic mass is 19.4. The van der Waals surface area contributed by atoms with E-state index in [0.717, 1.165) is 10.8 Å². The average Bonchev–Trinajstić information content (AvgIpc) is 3.21. The molecule has 0 bridgehead atoms.